The van der Waals surface area contributed by atoms with Crippen molar-refractivity contribution in [2.24, 2.45) is 17.8 Å². The molecule has 0 aromatic carbocycles. The molecule has 3 unspecified atom stereocenters. The van der Waals surface area contributed by atoms with Crippen molar-refractivity contribution in [3.63, 3.8) is 0 Å². The van der Waals surface area contributed by atoms with Crippen LogP contribution in [0.1, 0.15) is 30.2 Å². The topological polar surface area (TPSA) is 12.0 Å². The largest absolute Gasteiger partial charge is 0.312 e. The molecule has 1 heterocycles. The fourth-order valence-electron chi connectivity index (χ4n) is 3.41. The zero-order chi connectivity index (χ0) is 11.3. The summed E-state index contributed by atoms with van der Waals surface area (Å²) in [6.45, 7) is 0. The molecule has 0 saturated heterocycles. The molecular formula is C12H15Br2NS. The Bertz CT molecular complexity index is 374. The molecule has 3 atom stereocenters. The summed E-state index contributed by atoms with van der Waals surface area (Å²) >= 11 is 9.03. The van der Waals surface area contributed by atoms with E-state index < -0.39 is 0 Å². The van der Waals surface area contributed by atoms with E-state index in [9.17, 15) is 0 Å². The van der Waals surface area contributed by atoms with Gasteiger partial charge in [0.15, 0.2) is 0 Å². The summed E-state index contributed by atoms with van der Waals surface area (Å²) in [6, 6.07) is 2.84. The summed E-state index contributed by atoms with van der Waals surface area (Å²) < 4.78 is 2.41. The third kappa shape index (κ3) is 1.82. The van der Waals surface area contributed by atoms with Gasteiger partial charge in [-0.05, 0) is 75.6 Å². The number of thiophene rings is 1. The maximum absolute atomic E-state index is 3.59. The molecule has 1 aromatic rings. The lowest BCUT2D eigenvalue weighted by Gasteiger charge is -2.16. The second-order valence-electron chi connectivity index (χ2n) is 4.87. The first-order valence-electron chi connectivity index (χ1n) is 5.84. The monoisotopic (exact) mass is 363 g/mol. The summed E-state index contributed by atoms with van der Waals surface area (Å²) in [5, 5.41) is 3.52. The maximum atomic E-state index is 3.59. The van der Waals surface area contributed by atoms with Crippen molar-refractivity contribution in [1.29, 1.82) is 0 Å². The van der Waals surface area contributed by atoms with Crippen LogP contribution in [0.4, 0.5) is 0 Å². The number of hydrogen-bond donors (Lipinski definition) is 1. The summed E-state index contributed by atoms with van der Waals surface area (Å²) in [5.74, 6) is 2.92. The van der Waals surface area contributed by atoms with Crippen LogP contribution in [0, 0.1) is 17.8 Å². The lowest BCUT2D eigenvalue weighted by atomic mass is 10.0. The van der Waals surface area contributed by atoms with Crippen molar-refractivity contribution >= 4 is 43.2 Å². The summed E-state index contributed by atoms with van der Waals surface area (Å²) in [5.41, 5.74) is 0. The molecule has 2 aliphatic rings. The molecule has 1 aromatic heterocycles. The molecule has 2 aliphatic carbocycles. The van der Waals surface area contributed by atoms with Crippen molar-refractivity contribution in [2.45, 2.75) is 25.3 Å². The minimum absolute atomic E-state index is 0.572. The zero-order valence-corrected chi connectivity index (χ0v) is 13.2. The van der Waals surface area contributed by atoms with Crippen LogP contribution >= 0.6 is 43.2 Å². The Morgan fingerprint density at radius 3 is 2.56 bits per heavy atom. The van der Waals surface area contributed by atoms with E-state index >= 15 is 0 Å². The number of rotatable bonds is 3. The van der Waals surface area contributed by atoms with Gasteiger partial charge in [0.1, 0.15) is 0 Å². The molecule has 3 rings (SSSR count). The first-order chi connectivity index (χ1) is 7.72. The Kier molecular flexibility index (Phi) is 3.20. The fraction of sp³-hybridized carbons (Fsp3) is 0.667. The molecule has 0 aliphatic heterocycles. The van der Waals surface area contributed by atoms with E-state index in [0.29, 0.717) is 6.04 Å². The predicted molar refractivity (Wildman–Crippen MR) is 75.8 cm³/mol. The fourth-order valence-corrected chi connectivity index (χ4v) is 5.67. The molecule has 0 amide bonds. The van der Waals surface area contributed by atoms with Crippen LogP contribution in [-0.2, 0) is 0 Å². The van der Waals surface area contributed by atoms with Crippen LogP contribution in [0.2, 0.25) is 0 Å². The van der Waals surface area contributed by atoms with Gasteiger partial charge >= 0.3 is 0 Å². The second kappa shape index (κ2) is 4.38. The van der Waals surface area contributed by atoms with Gasteiger partial charge in [-0.25, -0.2) is 0 Å². The van der Waals surface area contributed by atoms with E-state index in [1.807, 2.05) is 11.3 Å². The van der Waals surface area contributed by atoms with Crippen LogP contribution in [-0.4, -0.2) is 7.05 Å². The van der Waals surface area contributed by atoms with Gasteiger partial charge in [-0.2, -0.15) is 0 Å². The molecule has 2 saturated carbocycles. The van der Waals surface area contributed by atoms with Gasteiger partial charge in [-0.15, -0.1) is 11.3 Å². The van der Waals surface area contributed by atoms with Gasteiger partial charge in [-0.3, -0.25) is 0 Å². The van der Waals surface area contributed by atoms with Crippen LogP contribution in [0.3, 0.4) is 0 Å². The lowest BCUT2D eigenvalue weighted by molar-refractivity contribution is 0.450. The molecule has 0 bridgehead atoms. The zero-order valence-electron chi connectivity index (χ0n) is 9.17. The second-order valence-corrected chi connectivity index (χ2v) is 8.13. The van der Waals surface area contributed by atoms with Crippen LogP contribution in [0.15, 0.2) is 14.3 Å². The third-order valence-corrected chi connectivity index (χ3v) is 7.48. The molecule has 2 fully saturated rings. The molecule has 4 heteroatoms. The Morgan fingerprint density at radius 2 is 2.06 bits per heavy atom. The molecule has 1 nitrogen and oxygen atoms in total. The normalized spacial score (nSPS) is 33.8. The van der Waals surface area contributed by atoms with Crippen molar-refractivity contribution < 1.29 is 0 Å². The van der Waals surface area contributed by atoms with Gasteiger partial charge in [0.2, 0.25) is 0 Å². The molecular weight excluding hydrogens is 350 g/mol. The van der Waals surface area contributed by atoms with Crippen LogP contribution in [0.25, 0.3) is 0 Å². The van der Waals surface area contributed by atoms with Crippen molar-refractivity contribution in [2.75, 3.05) is 7.05 Å². The van der Waals surface area contributed by atoms with E-state index in [0.717, 1.165) is 17.8 Å². The van der Waals surface area contributed by atoms with Gasteiger partial charge in [-0.1, -0.05) is 6.42 Å². The van der Waals surface area contributed by atoms with Crippen molar-refractivity contribution in [3.05, 3.63) is 19.2 Å². The number of halogens is 2. The predicted octanol–water partition coefficient (Wildman–Crippen LogP) is 4.58. The lowest BCUT2D eigenvalue weighted by Crippen LogP contribution is -2.19. The standard InChI is InChI=1S/C12H15Br2NS/c1-15-11(9-5-8(13)12(14)16-9)10-6-3-2-4-7(6)10/h5-7,10-11,15H,2-4H2,1H3. The maximum Gasteiger partial charge on any atom is 0.0843 e. The van der Waals surface area contributed by atoms with Gasteiger partial charge in [0, 0.05) is 15.4 Å². The SMILES string of the molecule is CNC(c1cc(Br)c(Br)s1)C1C2CCCC21. The summed E-state index contributed by atoms with van der Waals surface area (Å²) in [7, 11) is 2.10. The first kappa shape index (κ1) is 11.7. The highest BCUT2D eigenvalue weighted by Gasteiger charge is 2.56. The third-order valence-electron chi connectivity index (χ3n) is 4.14. The molecule has 0 spiro atoms. The summed E-state index contributed by atoms with van der Waals surface area (Å²) in [4.78, 5) is 1.47. The first-order valence-corrected chi connectivity index (χ1v) is 8.24. The Morgan fingerprint density at radius 1 is 1.38 bits per heavy atom. The minimum atomic E-state index is 0.572. The minimum Gasteiger partial charge on any atom is -0.312 e. The van der Waals surface area contributed by atoms with Gasteiger partial charge in [0.05, 0.1) is 3.79 Å². The van der Waals surface area contributed by atoms with Crippen LogP contribution < -0.4 is 5.32 Å². The van der Waals surface area contributed by atoms with Gasteiger partial charge < -0.3 is 5.32 Å². The Hall–Kier alpha value is 0.620. The van der Waals surface area contributed by atoms with E-state index in [1.54, 1.807) is 0 Å². The van der Waals surface area contributed by atoms with Crippen molar-refractivity contribution in [1.82, 2.24) is 5.32 Å². The average Bonchev–Trinajstić information content (AvgIpc) is 2.63. The molecule has 16 heavy (non-hydrogen) atoms. The van der Waals surface area contributed by atoms with E-state index in [2.05, 4.69) is 50.3 Å². The quantitative estimate of drug-likeness (QED) is 0.827. The molecule has 1 N–H and O–H groups in total. The van der Waals surface area contributed by atoms with E-state index in [4.69, 9.17) is 0 Å². The Labute approximate surface area is 117 Å². The van der Waals surface area contributed by atoms with Crippen LogP contribution in [0.5, 0.6) is 0 Å². The van der Waals surface area contributed by atoms with Crippen molar-refractivity contribution in [3.8, 4) is 0 Å². The number of hydrogen-bond acceptors (Lipinski definition) is 2. The van der Waals surface area contributed by atoms with E-state index in [1.165, 1.54) is 32.4 Å². The van der Waals surface area contributed by atoms with E-state index in [-0.39, 0.29) is 0 Å². The highest BCUT2D eigenvalue weighted by molar-refractivity contribution is 9.13. The van der Waals surface area contributed by atoms with Gasteiger partial charge in [0.25, 0.3) is 0 Å². The Balaban J connectivity index is 1.81. The highest BCUT2D eigenvalue weighted by atomic mass is 79.9. The number of nitrogens with one attached hydrogen (secondary N) is 1. The molecule has 0 radical (unpaired) electrons. The summed E-state index contributed by atoms with van der Waals surface area (Å²) in [6.07, 6.45) is 4.38. The highest BCUT2D eigenvalue weighted by Crippen LogP contribution is 2.62. The average molecular weight is 365 g/mol. The molecule has 88 valence electrons. The smallest absolute Gasteiger partial charge is 0.0843 e. The number of fused-ring (bicyclic) bond motifs is 1.